The quantitative estimate of drug-likeness (QED) is 0.714. The normalized spacial score (nSPS) is 11.0. The number of hydrogen-bond donors (Lipinski definition) is 0. The maximum atomic E-state index is 11.9. The van der Waals surface area contributed by atoms with Crippen molar-refractivity contribution in [2.45, 2.75) is 0 Å². The van der Waals surface area contributed by atoms with Crippen LogP contribution < -0.4 is 5.63 Å². The third-order valence-electron chi connectivity index (χ3n) is 2.55. The van der Waals surface area contributed by atoms with Gasteiger partial charge in [-0.1, -0.05) is 17.7 Å². The van der Waals surface area contributed by atoms with Crippen molar-refractivity contribution in [1.82, 2.24) is 4.74 Å². The summed E-state index contributed by atoms with van der Waals surface area (Å²) in [6.07, 6.45) is 0. The van der Waals surface area contributed by atoms with Gasteiger partial charge in [-0.15, -0.1) is 22.7 Å². The van der Waals surface area contributed by atoms with Crippen molar-refractivity contribution >= 4 is 34.3 Å². The molecule has 0 N–H and O–H groups in total. The van der Waals surface area contributed by atoms with Gasteiger partial charge in [-0.2, -0.15) is 0 Å². The highest BCUT2D eigenvalue weighted by Gasteiger charge is 2.20. The van der Waals surface area contributed by atoms with Crippen LogP contribution in [0.3, 0.4) is 0 Å². The summed E-state index contributed by atoms with van der Waals surface area (Å²) in [6.45, 7) is 0. The smallest absolute Gasteiger partial charge is 0.335 e. The summed E-state index contributed by atoms with van der Waals surface area (Å²) in [5.74, 6) is 0. The van der Waals surface area contributed by atoms with E-state index in [2.05, 4.69) is 0 Å². The predicted octanol–water partition coefficient (Wildman–Crippen LogP) is 4.09. The van der Waals surface area contributed by atoms with E-state index in [1.807, 2.05) is 29.6 Å². The van der Waals surface area contributed by atoms with Crippen molar-refractivity contribution in [3.8, 4) is 21.0 Å². The second-order valence-electron chi connectivity index (χ2n) is 3.68. The van der Waals surface area contributed by atoms with Gasteiger partial charge in [0.25, 0.3) is 0 Å². The first-order chi connectivity index (χ1) is 8.66. The summed E-state index contributed by atoms with van der Waals surface area (Å²) in [5.41, 5.74) is 1.06. The molecule has 0 aliphatic rings. The van der Waals surface area contributed by atoms with Gasteiger partial charge in [0.05, 0.1) is 9.21 Å². The summed E-state index contributed by atoms with van der Waals surface area (Å²) >= 11 is 8.90. The van der Waals surface area contributed by atoms with Crippen molar-refractivity contribution < 1.29 is 4.52 Å². The standard InChI is InChI=1S/C12H8ClNO2S2/c1-14-11(8-4-5-9(13)18-8)10(12(15)16-14)7-3-2-6-17-7/h2-6H,1H3. The van der Waals surface area contributed by atoms with Crippen LogP contribution in [-0.4, -0.2) is 4.74 Å². The van der Waals surface area contributed by atoms with Crippen LogP contribution in [0.15, 0.2) is 39.0 Å². The predicted molar refractivity (Wildman–Crippen MR) is 75.6 cm³/mol. The third-order valence-corrected chi connectivity index (χ3v) is 4.68. The maximum absolute atomic E-state index is 11.9. The van der Waals surface area contributed by atoms with Crippen LogP contribution >= 0.6 is 34.3 Å². The highest BCUT2D eigenvalue weighted by molar-refractivity contribution is 7.19. The molecule has 0 bridgehead atoms. The minimum Gasteiger partial charge on any atom is -0.335 e. The van der Waals surface area contributed by atoms with E-state index >= 15 is 0 Å². The first kappa shape index (κ1) is 11.8. The molecule has 0 saturated heterocycles. The first-order valence-corrected chi connectivity index (χ1v) is 7.24. The lowest BCUT2D eigenvalue weighted by Crippen LogP contribution is -1.95. The van der Waals surface area contributed by atoms with E-state index in [1.165, 1.54) is 27.4 Å². The second-order valence-corrected chi connectivity index (χ2v) is 6.34. The van der Waals surface area contributed by atoms with E-state index in [0.29, 0.717) is 9.90 Å². The van der Waals surface area contributed by atoms with Crippen LogP contribution in [0.5, 0.6) is 0 Å². The molecule has 3 nitrogen and oxygen atoms in total. The van der Waals surface area contributed by atoms with Gasteiger partial charge in [0.15, 0.2) is 0 Å². The van der Waals surface area contributed by atoms with E-state index in [4.69, 9.17) is 16.1 Å². The van der Waals surface area contributed by atoms with Gasteiger partial charge in [0, 0.05) is 11.9 Å². The van der Waals surface area contributed by atoms with E-state index in [9.17, 15) is 4.79 Å². The lowest BCUT2D eigenvalue weighted by molar-refractivity contribution is 0.289. The SMILES string of the molecule is Cn1oc(=O)c(-c2cccs2)c1-c1ccc(Cl)s1. The molecule has 0 aromatic carbocycles. The van der Waals surface area contributed by atoms with Crippen molar-refractivity contribution in [3.63, 3.8) is 0 Å². The van der Waals surface area contributed by atoms with Crippen molar-refractivity contribution in [1.29, 1.82) is 0 Å². The van der Waals surface area contributed by atoms with Gasteiger partial charge in [0.2, 0.25) is 0 Å². The molecule has 3 rings (SSSR count). The molecule has 0 atom stereocenters. The average molecular weight is 298 g/mol. The van der Waals surface area contributed by atoms with E-state index < -0.39 is 0 Å². The van der Waals surface area contributed by atoms with Crippen molar-refractivity contribution in [2.24, 2.45) is 7.05 Å². The second kappa shape index (κ2) is 4.42. The molecule has 0 aliphatic carbocycles. The first-order valence-electron chi connectivity index (χ1n) is 5.16. The number of nitrogens with zero attached hydrogens (tertiary/aromatic N) is 1. The molecule has 0 aliphatic heterocycles. The Hall–Kier alpha value is -1.30. The molecular formula is C12H8ClNO2S2. The Kier molecular flexibility index (Phi) is 2.89. The molecule has 0 saturated carbocycles. The molecule has 3 heterocycles. The summed E-state index contributed by atoms with van der Waals surface area (Å²) in [5, 5.41) is 1.94. The van der Waals surface area contributed by atoms with Gasteiger partial charge in [-0.05, 0) is 23.6 Å². The van der Waals surface area contributed by atoms with Crippen molar-refractivity contribution in [2.75, 3.05) is 0 Å². The minimum atomic E-state index is -0.320. The molecule has 0 fully saturated rings. The topological polar surface area (TPSA) is 35.1 Å². The van der Waals surface area contributed by atoms with Crippen LogP contribution in [-0.2, 0) is 7.05 Å². The summed E-state index contributed by atoms with van der Waals surface area (Å²) in [7, 11) is 1.72. The number of thiophene rings is 2. The monoisotopic (exact) mass is 297 g/mol. The van der Waals surface area contributed by atoms with Gasteiger partial charge in [0.1, 0.15) is 11.3 Å². The van der Waals surface area contributed by atoms with Crippen LogP contribution in [0.2, 0.25) is 4.34 Å². The van der Waals surface area contributed by atoms with Crippen LogP contribution in [0.4, 0.5) is 0 Å². The zero-order valence-corrected chi connectivity index (χ0v) is 11.7. The zero-order valence-electron chi connectivity index (χ0n) is 9.34. The molecule has 0 spiro atoms. The molecular weight excluding hydrogens is 290 g/mol. The Morgan fingerprint density at radius 3 is 2.72 bits per heavy atom. The number of rotatable bonds is 2. The summed E-state index contributed by atoms with van der Waals surface area (Å²) in [4.78, 5) is 13.8. The molecule has 0 radical (unpaired) electrons. The highest BCUT2D eigenvalue weighted by atomic mass is 35.5. The molecule has 18 heavy (non-hydrogen) atoms. The number of hydrogen-bond acceptors (Lipinski definition) is 4. The summed E-state index contributed by atoms with van der Waals surface area (Å²) in [6, 6.07) is 7.54. The number of aromatic nitrogens is 1. The lowest BCUT2D eigenvalue weighted by atomic mass is 10.2. The van der Waals surface area contributed by atoms with E-state index in [-0.39, 0.29) is 5.63 Å². The number of aryl methyl sites for hydroxylation is 1. The fraction of sp³-hybridized carbons (Fsp3) is 0.0833. The van der Waals surface area contributed by atoms with Crippen LogP contribution in [0.1, 0.15) is 0 Å². The lowest BCUT2D eigenvalue weighted by Gasteiger charge is -1.99. The molecule has 0 unspecified atom stereocenters. The van der Waals surface area contributed by atoms with Crippen LogP contribution in [0, 0.1) is 0 Å². The van der Waals surface area contributed by atoms with E-state index in [1.54, 1.807) is 7.05 Å². The Bertz CT molecular complexity index is 737. The maximum Gasteiger partial charge on any atom is 0.366 e. The third kappa shape index (κ3) is 1.84. The Balaban J connectivity index is 2.29. The average Bonchev–Trinajstić information content (AvgIpc) is 2.99. The largest absolute Gasteiger partial charge is 0.366 e. The van der Waals surface area contributed by atoms with Crippen LogP contribution in [0.25, 0.3) is 21.0 Å². The van der Waals surface area contributed by atoms with Gasteiger partial charge >= 0.3 is 5.63 Å². The van der Waals surface area contributed by atoms with Gasteiger partial charge < -0.3 is 4.52 Å². The Morgan fingerprint density at radius 1 is 1.28 bits per heavy atom. The Labute approximate surface area is 116 Å². The minimum absolute atomic E-state index is 0.320. The van der Waals surface area contributed by atoms with Gasteiger partial charge in [-0.3, -0.25) is 0 Å². The summed E-state index contributed by atoms with van der Waals surface area (Å²) < 4.78 is 7.35. The fourth-order valence-electron chi connectivity index (χ4n) is 1.83. The Morgan fingerprint density at radius 2 is 2.11 bits per heavy atom. The molecule has 92 valence electrons. The van der Waals surface area contributed by atoms with Gasteiger partial charge in [-0.25, -0.2) is 9.53 Å². The molecule has 0 amide bonds. The van der Waals surface area contributed by atoms with Crippen molar-refractivity contribution in [3.05, 3.63) is 44.4 Å². The highest BCUT2D eigenvalue weighted by Crippen LogP contribution is 2.37. The fourth-order valence-corrected chi connectivity index (χ4v) is 3.71. The van der Waals surface area contributed by atoms with E-state index in [0.717, 1.165) is 15.4 Å². The zero-order chi connectivity index (χ0) is 12.7. The molecule has 3 aromatic rings. The molecule has 3 aromatic heterocycles. The number of halogens is 1. The molecule has 6 heteroatoms.